The van der Waals surface area contributed by atoms with E-state index in [2.05, 4.69) is 12.2 Å². The van der Waals surface area contributed by atoms with Crippen LogP contribution >= 0.6 is 0 Å². The third-order valence-corrected chi connectivity index (χ3v) is 6.40. The molecule has 1 N–H and O–H groups in total. The molecule has 0 heterocycles. The molecule has 3 aromatic carbocycles. The molecule has 0 aromatic heterocycles. The van der Waals surface area contributed by atoms with Crippen LogP contribution in [0.15, 0.2) is 78.9 Å². The Balaban J connectivity index is 1.59. The third-order valence-electron chi connectivity index (χ3n) is 5.16. The highest BCUT2D eigenvalue weighted by Crippen LogP contribution is 2.27. The molecule has 34 heavy (non-hydrogen) atoms. The first-order valence-electron chi connectivity index (χ1n) is 11.1. The van der Waals surface area contributed by atoms with Crippen molar-refractivity contribution >= 4 is 21.6 Å². The average Bonchev–Trinajstić information content (AvgIpc) is 2.83. The van der Waals surface area contributed by atoms with Gasteiger partial charge in [-0.1, -0.05) is 37.3 Å². The van der Waals surface area contributed by atoms with E-state index in [1.165, 1.54) is 5.56 Å². The Hall–Kier alpha value is -3.52. The number of hydrogen-bond acceptors (Lipinski definition) is 5. The highest BCUT2D eigenvalue weighted by atomic mass is 32.2. The van der Waals surface area contributed by atoms with Gasteiger partial charge in [0.05, 0.1) is 18.5 Å². The van der Waals surface area contributed by atoms with Crippen molar-refractivity contribution in [1.29, 1.82) is 0 Å². The first kappa shape index (κ1) is 25.1. The van der Waals surface area contributed by atoms with Crippen molar-refractivity contribution in [2.24, 2.45) is 0 Å². The van der Waals surface area contributed by atoms with Gasteiger partial charge in [0, 0.05) is 0 Å². The van der Waals surface area contributed by atoms with Crippen molar-refractivity contribution in [3.05, 3.63) is 84.4 Å². The van der Waals surface area contributed by atoms with Gasteiger partial charge in [0.25, 0.3) is 0 Å². The number of carbonyl (C=O) groups is 1. The second kappa shape index (κ2) is 11.6. The van der Waals surface area contributed by atoms with E-state index in [-0.39, 0.29) is 13.2 Å². The predicted octanol–water partition coefficient (Wildman–Crippen LogP) is 4.39. The molecular formula is C26H30N2O5S. The van der Waals surface area contributed by atoms with Crippen LogP contribution in [0.5, 0.6) is 17.2 Å². The maximum atomic E-state index is 12.7. The molecule has 0 unspecified atom stereocenters. The van der Waals surface area contributed by atoms with Gasteiger partial charge in [-0.25, -0.2) is 8.42 Å². The van der Waals surface area contributed by atoms with Gasteiger partial charge in [-0.2, -0.15) is 0 Å². The maximum absolute atomic E-state index is 12.7. The van der Waals surface area contributed by atoms with Gasteiger partial charge >= 0.3 is 0 Å². The predicted molar refractivity (Wildman–Crippen MR) is 134 cm³/mol. The van der Waals surface area contributed by atoms with E-state index in [0.717, 1.165) is 22.7 Å². The number of nitrogens with one attached hydrogen (secondary N) is 1. The summed E-state index contributed by atoms with van der Waals surface area (Å²) < 4.78 is 37.5. The molecule has 0 aliphatic carbocycles. The number of ether oxygens (including phenoxy) is 2. The van der Waals surface area contributed by atoms with Crippen molar-refractivity contribution in [3.63, 3.8) is 0 Å². The Labute approximate surface area is 201 Å². The molecular weight excluding hydrogens is 452 g/mol. The van der Waals surface area contributed by atoms with Gasteiger partial charge < -0.3 is 14.8 Å². The zero-order chi connectivity index (χ0) is 24.6. The molecule has 180 valence electrons. The molecule has 0 aliphatic rings. The Morgan fingerprint density at radius 2 is 1.50 bits per heavy atom. The Kier molecular flexibility index (Phi) is 8.54. The van der Waals surface area contributed by atoms with Crippen molar-refractivity contribution in [2.45, 2.75) is 26.3 Å². The molecule has 1 atom stereocenters. The van der Waals surface area contributed by atoms with Gasteiger partial charge in [-0.05, 0) is 67.4 Å². The lowest BCUT2D eigenvalue weighted by Gasteiger charge is -2.28. The molecule has 3 aromatic rings. The smallest absolute Gasteiger partial charge is 0.243 e. The molecule has 8 heteroatoms. The topological polar surface area (TPSA) is 84.9 Å². The van der Waals surface area contributed by atoms with Crippen LogP contribution in [-0.2, 0) is 21.2 Å². The summed E-state index contributed by atoms with van der Waals surface area (Å²) in [5, 5.41) is 2.75. The lowest BCUT2D eigenvalue weighted by atomic mass is 10.2. The molecule has 1 amide bonds. The van der Waals surface area contributed by atoms with Crippen LogP contribution in [0.2, 0.25) is 0 Å². The molecule has 7 nitrogen and oxygen atoms in total. The van der Waals surface area contributed by atoms with Crippen LogP contribution in [0.3, 0.4) is 0 Å². The zero-order valence-electron chi connectivity index (χ0n) is 19.6. The fourth-order valence-electron chi connectivity index (χ4n) is 3.41. The molecule has 0 spiro atoms. The van der Waals surface area contributed by atoms with Gasteiger partial charge in [-0.15, -0.1) is 0 Å². The summed E-state index contributed by atoms with van der Waals surface area (Å²) >= 11 is 0. The molecule has 0 aliphatic heterocycles. The average molecular weight is 483 g/mol. The summed E-state index contributed by atoms with van der Waals surface area (Å²) in [6.07, 6.45) is 2.03. The SMILES string of the molecule is CCc1ccc(OCCNC(=O)[C@H](C)N(c2ccc(Oc3ccccc3)cc2)S(C)(=O)=O)cc1. The normalized spacial score (nSPS) is 12.0. The minimum Gasteiger partial charge on any atom is -0.492 e. The maximum Gasteiger partial charge on any atom is 0.243 e. The summed E-state index contributed by atoms with van der Waals surface area (Å²) in [5.41, 5.74) is 1.59. The van der Waals surface area contributed by atoms with Crippen molar-refractivity contribution in [2.75, 3.05) is 23.7 Å². The van der Waals surface area contributed by atoms with E-state index in [4.69, 9.17) is 9.47 Å². The summed E-state index contributed by atoms with van der Waals surface area (Å²) in [6.45, 7) is 4.16. The van der Waals surface area contributed by atoms with Crippen LogP contribution < -0.4 is 19.1 Å². The third kappa shape index (κ3) is 6.99. The van der Waals surface area contributed by atoms with Crippen molar-refractivity contribution in [3.8, 4) is 17.2 Å². The largest absolute Gasteiger partial charge is 0.492 e. The quantitative estimate of drug-likeness (QED) is 0.410. The molecule has 3 rings (SSSR count). The van der Waals surface area contributed by atoms with Gasteiger partial charge in [-0.3, -0.25) is 9.10 Å². The molecule has 0 radical (unpaired) electrons. The van der Waals surface area contributed by atoms with Gasteiger partial charge in [0.15, 0.2) is 0 Å². The fraction of sp³-hybridized carbons (Fsp3) is 0.269. The van der Waals surface area contributed by atoms with E-state index in [9.17, 15) is 13.2 Å². The Morgan fingerprint density at radius 3 is 2.09 bits per heavy atom. The number of carbonyl (C=O) groups excluding carboxylic acids is 1. The van der Waals surface area contributed by atoms with Gasteiger partial charge in [0.1, 0.15) is 29.9 Å². The number of nitrogens with zero attached hydrogens (tertiary/aromatic N) is 1. The monoisotopic (exact) mass is 482 g/mol. The highest BCUT2D eigenvalue weighted by molar-refractivity contribution is 7.92. The van der Waals surface area contributed by atoms with E-state index in [1.807, 2.05) is 54.6 Å². The van der Waals surface area contributed by atoms with E-state index in [0.29, 0.717) is 17.2 Å². The van der Waals surface area contributed by atoms with Gasteiger partial charge in [0.2, 0.25) is 15.9 Å². The highest BCUT2D eigenvalue weighted by Gasteiger charge is 2.29. The summed E-state index contributed by atoms with van der Waals surface area (Å²) in [5.74, 6) is 1.53. The number of anilines is 1. The summed E-state index contributed by atoms with van der Waals surface area (Å²) in [6, 6.07) is 22.7. The number of aryl methyl sites for hydroxylation is 1. The second-order valence-electron chi connectivity index (χ2n) is 7.78. The van der Waals surface area contributed by atoms with Crippen molar-refractivity contribution < 1.29 is 22.7 Å². The van der Waals surface area contributed by atoms with E-state index < -0.39 is 22.0 Å². The standard InChI is InChI=1S/C26H30N2O5S/c1-4-21-10-14-23(15-11-21)32-19-18-27-26(29)20(2)28(34(3,30)31)22-12-16-25(17-13-22)33-24-8-6-5-7-9-24/h5-17,20H,4,18-19H2,1-3H3,(H,27,29)/t20-/m0/s1. The Morgan fingerprint density at radius 1 is 0.912 bits per heavy atom. The summed E-state index contributed by atoms with van der Waals surface area (Å²) in [7, 11) is -3.71. The van der Waals surface area contributed by atoms with E-state index >= 15 is 0 Å². The number of sulfonamides is 1. The number of rotatable bonds is 11. The number of amides is 1. The first-order valence-corrected chi connectivity index (χ1v) is 12.9. The Bertz CT molecular complexity index is 1160. The molecule has 0 fully saturated rings. The fourth-order valence-corrected chi connectivity index (χ4v) is 4.58. The number of para-hydroxylation sites is 1. The minimum atomic E-state index is -3.71. The second-order valence-corrected chi connectivity index (χ2v) is 9.64. The number of benzene rings is 3. The minimum absolute atomic E-state index is 0.250. The van der Waals surface area contributed by atoms with Crippen LogP contribution in [0.25, 0.3) is 0 Å². The van der Waals surface area contributed by atoms with Crippen LogP contribution in [0.4, 0.5) is 5.69 Å². The molecule has 0 saturated heterocycles. The van der Waals surface area contributed by atoms with Crippen LogP contribution in [-0.4, -0.2) is 39.8 Å². The lowest BCUT2D eigenvalue weighted by Crippen LogP contribution is -2.48. The molecule has 0 bridgehead atoms. The first-order chi connectivity index (χ1) is 16.3. The lowest BCUT2D eigenvalue weighted by molar-refractivity contribution is -0.121. The number of hydrogen-bond donors (Lipinski definition) is 1. The summed E-state index contributed by atoms with van der Waals surface area (Å²) in [4.78, 5) is 12.7. The van der Waals surface area contributed by atoms with Crippen molar-refractivity contribution in [1.82, 2.24) is 5.32 Å². The van der Waals surface area contributed by atoms with Crippen LogP contribution in [0.1, 0.15) is 19.4 Å². The zero-order valence-corrected chi connectivity index (χ0v) is 20.4. The van der Waals surface area contributed by atoms with E-state index in [1.54, 1.807) is 31.2 Å². The van der Waals surface area contributed by atoms with Crippen LogP contribution in [0, 0.1) is 0 Å². The molecule has 0 saturated carbocycles.